The van der Waals surface area contributed by atoms with E-state index in [4.69, 9.17) is 23.9 Å². The second-order valence-corrected chi connectivity index (χ2v) is 7.19. The molecule has 0 atom stereocenters. The highest BCUT2D eigenvalue weighted by atomic mass is 16.5. The molecular weight excluding hydrogens is 406 g/mol. The van der Waals surface area contributed by atoms with Crippen molar-refractivity contribution in [1.29, 1.82) is 0 Å². The number of benzene rings is 2. The lowest BCUT2D eigenvalue weighted by molar-refractivity contribution is 0.145. The second kappa shape index (κ2) is 15.9. The molecule has 0 heterocycles. The first-order valence-electron chi connectivity index (χ1n) is 11.2. The molecule has 0 spiro atoms. The molecule has 0 saturated carbocycles. The third-order valence-electron chi connectivity index (χ3n) is 4.66. The summed E-state index contributed by atoms with van der Waals surface area (Å²) in [6.07, 6.45) is 1.78. The predicted octanol–water partition coefficient (Wildman–Crippen LogP) is 3.77. The first-order valence-corrected chi connectivity index (χ1v) is 11.2. The highest BCUT2D eigenvalue weighted by Crippen LogP contribution is 2.14. The van der Waals surface area contributed by atoms with Gasteiger partial charge in [0, 0.05) is 46.4 Å². The molecule has 2 aromatic carbocycles. The fourth-order valence-corrected chi connectivity index (χ4v) is 2.93. The molecule has 176 valence electrons. The molecule has 2 aromatic rings. The van der Waals surface area contributed by atoms with Crippen LogP contribution in [0.25, 0.3) is 0 Å². The maximum absolute atomic E-state index is 5.80. The van der Waals surface area contributed by atoms with Gasteiger partial charge in [-0.2, -0.15) is 0 Å². The zero-order valence-electron chi connectivity index (χ0n) is 19.6. The number of aliphatic imine (C=N–C) groups is 1. The van der Waals surface area contributed by atoms with Crippen LogP contribution in [0.3, 0.4) is 0 Å². The van der Waals surface area contributed by atoms with Crippen molar-refractivity contribution in [2.45, 2.75) is 32.9 Å². The number of nitrogens with zero attached hydrogens (tertiary/aromatic N) is 1. The number of hydrogen-bond donors (Lipinski definition) is 2. The van der Waals surface area contributed by atoms with Crippen molar-refractivity contribution < 1.29 is 18.9 Å². The summed E-state index contributed by atoms with van der Waals surface area (Å²) in [5.41, 5.74) is 2.25. The van der Waals surface area contributed by atoms with Crippen molar-refractivity contribution in [3.63, 3.8) is 0 Å². The van der Waals surface area contributed by atoms with E-state index < -0.39 is 0 Å². The number of methoxy groups -OCH3 is 2. The van der Waals surface area contributed by atoms with Crippen LogP contribution in [-0.2, 0) is 22.6 Å². The Morgan fingerprint density at radius 2 is 1.72 bits per heavy atom. The molecule has 0 bridgehead atoms. The van der Waals surface area contributed by atoms with Gasteiger partial charge in [-0.25, -0.2) is 4.99 Å². The van der Waals surface area contributed by atoms with Crippen LogP contribution in [0.15, 0.2) is 53.5 Å². The van der Waals surface area contributed by atoms with E-state index in [1.54, 1.807) is 14.2 Å². The zero-order chi connectivity index (χ0) is 22.9. The summed E-state index contributed by atoms with van der Waals surface area (Å²) in [5, 5.41) is 6.80. The molecule has 0 radical (unpaired) electrons. The Balaban J connectivity index is 1.93. The van der Waals surface area contributed by atoms with Gasteiger partial charge in [-0.3, -0.25) is 0 Å². The van der Waals surface area contributed by atoms with Crippen molar-refractivity contribution in [3.05, 3.63) is 59.7 Å². The van der Waals surface area contributed by atoms with Crippen molar-refractivity contribution >= 4 is 5.96 Å². The fourth-order valence-electron chi connectivity index (χ4n) is 2.93. The number of hydrogen-bond acceptors (Lipinski definition) is 5. The molecule has 0 aliphatic carbocycles. The molecule has 0 aliphatic rings. The Kier molecular flexibility index (Phi) is 12.7. The van der Waals surface area contributed by atoms with Gasteiger partial charge in [0.2, 0.25) is 0 Å². The van der Waals surface area contributed by atoms with E-state index in [-0.39, 0.29) is 0 Å². The number of rotatable bonds is 15. The van der Waals surface area contributed by atoms with E-state index >= 15 is 0 Å². The van der Waals surface area contributed by atoms with Gasteiger partial charge in [0.15, 0.2) is 5.96 Å². The first-order chi connectivity index (χ1) is 15.7. The summed E-state index contributed by atoms with van der Waals surface area (Å²) < 4.78 is 21.5. The highest BCUT2D eigenvalue weighted by molar-refractivity contribution is 5.79. The molecule has 0 fully saturated rings. The smallest absolute Gasteiger partial charge is 0.191 e. The fraction of sp³-hybridized carbons (Fsp3) is 0.480. The lowest BCUT2D eigenvalue weighted by Gasteiger charge is -2.13. The van der Waals surface area contributed by atoms with Crippen molar-refractivity contribution in [3.8, 4) is 11.5 Å². The van der Waals surface area contributed by atoms with E-state index in [1.165, 1.54) is 0 Å². The Hall–Kier alpha value is -2.77. The second-order valence-electron chi connectivity index (χ2n) is 7.19. The summed E-state index contributed by atoms with van der Waals surface area (Å²) in [6.45, 7) is 6.82. The van der Waals surface area contributed by atoms with Gasteiger partial charge in [0.1, 0.15) is 11.5 Å². The minimum atomic E-state index is 0.554. The molecule has 2 N–H and O–H groups in total. The van der Waals surface area contributed by atoms with Crippen LogP contribution in [-0.4, -0.2) is 53.2 Å². The van der Waals surface area contributed by atoms with Gasteiger partial charge < -0.3 is 29.6 Å². The average molecular weight is 444 g/mol. The predicted molar refractivity (Wildman–Crippen MR) is 129 cm³/mol. The van der Waals surface area contributed by atoms with Crippen LogP contribution >= 0.6 is 0 Å². The van der Waals surface area contributed by atoms with Crippen molar-refractivity contribution in [2.75, 3.05) is 47.2 Å². The molecule has 0 unspecified atom stereocenters. The van der Waals surface area contributed by atoms with E-state index in [9.17, 15) is 0 Å². The topological polar surface area (TPSA) is 73.3 Å². The molecule has 0 aromatic heterocycles. The molecule has 0 amide bonds. The number of ether oxygens (including phenoxy) is 4. The average Bonchev–Trinajstić information content (AvgIpc) is 2.83. The van der Waals surface area contributed by atoms with Gasteiger partial charge in [0.05, 0.1) is 20.3 Å². The first kappa shape index (κ1) is 25.5. The van der Waals surface area contributed by atoms with E-state index in [0.29, 0.717) is 26.3 Å². The summed E-state index contributed by atoms with van der Waals surface area (Å²) in [4.78, 5) is 4.76. The van der Waals surface area contributed by atoms with Crippen molar-refractivity contribution in [2.24, 2.45) is 4.99 Å². The summed E-state index contributed by atoms with van der Waals surface area (Å²) in [7, 11) is 3.37. The zero-order valence-corrected chi connectivity index (χ0v) is 19.6. The maximum Gasteiger partial charge on any atom is 0.191 e. The van der Waals surface area contributed by atoms with E-state index in [1.807, 2.05) is 49.4 Å². The number of nitrogens with one attached hydrogen (secondary N) is 2. The summed E-state index contributed by atoms with van der Waals surface area (Å²) in [5.74, 6) is 2.47. The third kappa shape index (κ3) is 10.5. The summed E-state index contributed by atoms with van der Waals surface area (Å²) >= 11 is 0. The molecule has 2 rings (SSSR count). The monoisotopic (exact) mass is 443 g/mol. The maximum atomic E-state index is 5.80. The van der Waals surface area contributed by atoms with Crippen LogP contribution < -0.4 is 20.1 Å². The quantitative estimate of drug-likeness (QED) is 0.248. The Morgan fingerprint density at radius 1 is 0.875 bits per heavy atom. The summed E-state index contributed by atoms with van der Waals surface area (Å²) in [6, 6.07) is 16.1. The van der Waals surface area contributed by atoms with Gasteiger partial charge in [-0.05, 0) is 48.7 Å². The lowest BCUT2D eigenvalue weighted by Crippen LogP contribution is -2.37. The van der Waals surface area contributed by atoms with E-state index in [2.05, 4.69) is 16.7 Å². The van der Waals surface area contributed by atoms with E-state index in [0.717, 1.165) is 61.2 Å². The van der Waals surface area contributed by atoms with Crippen LogP contribution in [0.1, 0.15) is 30.9 Å². The molecule has 0 aliphatic heterocycles. The SMILES string of the molecule is CCOCCCNC(=NCc1cccc(OCCCOC)c1)NCc1ccc(OC)cc1. The van der Waals surface area contributed by atoms with Crippen LogP contribution in [0.4, 0.5) is 0 Å². The third-order valence-corrected chi connectivity index (χ3v) is 4.66. The minimum Gasteiger partial charge on any atom is -0.497 e. The number of guanidine groups is 1. The normalized spacial score (nSPS) is 11.3. The van der Waals surface area contributed by atoms with Gasteiger partial charge >= 0.3 is 0 Å². The molecule has 7 heteroatoms. The van der Waals surface area contributed by atoms with Crippen molar-refractivity contribution in [1.82, 2.24) is 10.6 Å². The highest BCUT2D eigenvalue weighted by Gasteiger charge is 2.02. The Labute approximate surface area is 192 Å². The lowest BCUT2D eigenvalue weighted by atomic mass is 10.2. The van der Waals surface area contributed by atoms with Gasteiger partial charge in [-0.1, -0.05) is 24.3 Å². The van der Waals surface area contributed by atoms with Gasteiger partial charge in [-0.15, -0.1) is 0 Å². The molecule has 7 nitrogen and oxygen atoms in total. The molecular formula is C25H37N3O4. The van der Waals surface area contributed by atoms with Gasteiger partial charge in [0.25, 0.3) is 0 Å². The van der Waals surface area contributed by atoms with Crippen LogP contribution in [0, 0.1) is 0 Å². The molecule has 32 heavy (non-hydrogen) atoms. The van der Waals surface area contributed by atoms with Crippen LogP contribution in [0.5, 0.6) is 11.5 Å². The molecule has 0 saturated heterocycles. The largest absolute Gasteiger partial charge is 0.497 e. The Morgan fingerprint density at radius 3 is 2.47 bits per heavy atom. The van der Waals surface area contributed by atoms with Crippen LogP contribution in [0.2, 0.25) is 0 Å². The Bertz CT molecular complexity index is 781. The standard InChI is InChI=1S/C25H37N3O4/c1-4-31-16-6-14-26-25(27-19-21-10-12-23(30-3)13-11-21)28-20-22-8-5-9-24(18-22)32-17-7-15-29-2/h5,8-13,18H,4,6-7,14-17,19-20H2,1-3H3,(H2,26,27,28). The minimum absolute atomic E-state index is 0.554.